The van der Waals surface area contributed by atoms with Crippen molar-refractivity contribution < 1.29 is 14.3 Å². The highest BCUT2D eigenvalue weighted by atomic mass is 19.1. The normalized spacial score (nSPS) is 15.5. The molecule has 0 spiro atoms. The number of nitrogens with two attached hydrogens (primary N) is 1. The Morgan fingerprint density at radius 2 is 2.31 bits per heavy atom. The van der Waals surface area contributed by atoms with Crippen molar-refractivity contribution in [1.82, 2.24) is 0 Å². The van der Waals surface area contributed by atoms with Crippen LogP contribution < -0.4 is 5.73 Å². The Labute approximate surface area is 92.4 Å². The van der Waals surface area contributed by atoms with E-state index in [2.05, 4.69) is 0 Å². The van der Waals surface area contributed by atoms with Gasteiger partial charge in [-0.1, -0.05) is 12.1 Å². The Balaban J connectivity index is 2.22. The van der Waals surface area contributed by atoms with Gasteiger partial charge in [-0.05, 0) is 41.7 Å². The van der Waals surface area contributed by atoms with Gasteiger partial charge in [0.05, 0.1) is 0 Å². The number of allylic oxidation sites excluding steroid dienone is 1. The van der Waals surface area contributed by atoms with Gasteiger partial charge in [-0.3, -0.25) is 4.79 Å². The van der Waals surface area contributed by atoms with E-state index in [1.807, 2.05) is 6.08 Å². The molecule has 1 aromatic rings. The highest BCUT2D eigenvalue weighted by Crippen LogP contribution is 2.30. The molecule has 1 atom stereocenters. The van der Waals surface area contributed by atoms with Crippen LogP contribution in [0.2, 0.25) is 0 Å². The van der Waals surface area contributed by atoms with Gasteiger partial charge in [-0.15, -0.1) is 0 Å². The molecule has 3 N–H and O–H groups in total. The standard InChI is InChI=1S/C12H12FNO2/c13-9-4-3-7-1-2-8(10(7)6-9)5-11(14)12(15)16/h2-4,6,11H,1,5,14H2,(H,15,16). The average molecular weight is 221 g/mol. The second-order valence-corrected chi connectivity index (χ2v) is 3.88. The first-order valence-electron chi connectivity index (χ1n) is 5.04. The van der Waals surface area contributed by atoms with Gasteiger partial charge in [-0.25, -0.2) is 4.39 Å². The molecule has 0 radical (unpaired) electrons. The fraction of sp³-hybridized carbons (Fsp3) is 0.250. The Morgan fingerprint density at radius 1 is 1.56 bits per heavy atom. The molecule has 0 aliphatic heterocycles. The summed E-state index contributed by atoms with van der Waals surface area (Å²) in [6, 6.07) is 3.64. The lowest BCUT2D eigenvalue weighted by Gasteiger charge is -2.09. The van der Waals surface area contributed by atoms with Gasteiger partial charge in [0.2, 0.25) is 0 Å². The highest BCUT2D eigenvalue weighted by Gasteiger charge is 2.20. The number of rotatable bonds is 3. The molecule has 0 saturated heterocycles. The van der Waals surface area contributed by atoms with Crippen molar-refractivity contribution >= 4 is 11.5 Å². The van der Waals surface area contributed by atoms with Crippen LogP contribution in [0.4, 0.5) is 4.39 Å². The molecule has 1 unspecified atom stereocenters. The first kappa shape index (κ1) is 10.8. The number of carboxylic acids is 1. The molecule has 4 heteroatoms. The average Bonchev–Trinajstić information content (AvgIpc) is 2.61. The topological polar surface area (TPSA) is 63.3 Å². The molecule has 16 heavy (non-hydrogen) atoms. The quantitative estimate of drug-likeness (QED) is 0.814. The lowest BCUT2D eigenvalue weighted by molar-refractivity contribution is -0.138. The molecule has 1 aromatic carbocycles. The molecule has 3 nitrogen and oxygen atoms in total. The Morgan fingerprint density at radius 3 is 3.00 bits per heavy atom. The Bertz CT molecular complexity index is 468. The minimum Gasteiger partial charge on any atom is -0.480 e. The van der Waals surface area contributed by atoms with E-state index in [1.54, 1.807) is 6.07 Å². The summed E-state index contributed by atoms with van der Waals surface area (Å²) in [6.07, 6.45) is 2.87. The van der Waals surface area contributed by atoms with Crippen molar-refractivity contribution in [3.63, 3.8) is 0 Å². The van der Waals surface area contributed by atoms with E-state index in [0.717, 1.165) is 23.1 Å². The molecular formula is C12H12FNO2. The molecule has 84 valence electrons. The van der Waals surface area contributed by atoms with Gasteiger partial charge >= 0.3 is 5.97 Å². The van der Waals surface area contributed by atoms with Crippen LogP contribution >= 0.6 is 0 Å². The van der Waals surface area contributed by atoms with Crippen LogP contribution in [0.1, 0.15) is 17.5 Å². The summed E-state index contributed by atoms with van der Waals surface area (Å²) in [4.78, 5) is 10.6. The highest BCUT2D eigenvalue weighted by molar-refractivity contribution is 5.80. The zero-order chi connectivity index (χ0) is 11.7. The van der Waals surface area contributed by atoms with Crippen LogP contribution in [-0.2, 0) is 11.2 Å². The van der Waals surface area contributed by atoms with Crippen molar-refractivity contribution in [1.29, 1.82) is 0 Å². The number of halogens is 1. The van der Waals surface area contributed by atoms with Gasteiger partial charge in [0, 0.05) is 0 Å². The van der Waals surface area contributed by atoms with E-state index in [9.17, 15) is 9.18 Å². The van der Waals surface area contributed by atoms with E-state index in [4.69, 9.17) is 10.8 Å². The third kappa shape index (κ3) is 1.97. The number of hydrogen-bond donors (Lipinski definition) is 2. The fourth-order valence-corrected chi connectivity index (χ4v) is 1.89. The van der Waals surface area contributed by atoms with Gasteiger partial charge in [0.25, 0.3) is 0 Å². The Hall–Kier alpha value is -1.68. The lowest BCUT2D eigenvalue weighted by atomic mass is 10.00. The largest absolute Gasteiger partial charge is 0.480 e. The van der Waals surface area contributed by atoms with Crippen molar-refractivity contribution in [3.05, 3.63) is 41.2 Å². The van der Waals surface area contributed by atoms with Gasteiger partial charge in [-0.2, -0.15) is 0 Å². The van der Waals surface area contributed by atoms with Gasteiger partial charge < -0.3 is 10.8 Å². The first-order chi connectivity index (χ1) is 7.58. The maximum atomic E-state index is 13.1. The summed E-state index contributed by atoms with van der Waals surface area (Å²) in [5, 5.41) is 8.72. The van der Waals surface area contributed by atoms with E-state index in [-0.39, 0.29) is 12.2 Å². The number of hydrogen-bond acceptors (Lipinski definition) is 2. The number of aliphatic carboxylic acids is 1. The van der Waals surface area contributed by atoms with E-state index in [1.165, 1.54) is 12.1 Å². The minimum absolute atomic E-state index is 0.242. The molecule has 2 rings (SSSR count). The summed E-state index contributed by atoms with van der Waals surface area (Å²) in [5.74, 6) is -1.35. The van der Waals surface area contributed by atoms with Crippen molar-refractivity contribution in [2.45, 2.75) is 18.9 Å². The van der Waals surface area contributed by atoms with Crippen LogP contribution in [0.15, 0.2) is 24.3 Å². The van der Waals surface area contributed by atoms with Crippen molar-refractivity contribution in [2.75, 3.05) is 0 Å². The maximum Gasteiger partial charge on any atom is 0.320 e. The van der Waals surface area contributed by atoms with Gasteiger partial charge in [0.15, 0.2) is 0 Å². The fourth-order valence-electron chi connectivity index (χ4n) is 1.89. The monoisotopic (exact) mass is 221 g/mol. The summed E-state index contributed by atoms with van der Waals surface area (Å²) in [6.45, 7) is 0. The smallest absolute Gasteiger partial charge is 0.320 e. The molecule has 1 aliphatic rings. The number of carboxylic acid groups (broad SMARTS) is 1. The van der Waals surface area contributed by atoms with E-state index < -0.39 is 12.0 Å². The molecule has 0 aromatic heterocycles. The Kier molecular flexibility index (Phi) is 2.75. The van der Waals surface area contributed by atoms with Crippen LogP contribution in [0.25, 0.3) is 5.57 Å². The summed E-state index contributed by atoms with van der Waals surface area (Å²) in [7, 11) is 0. The molecule has 0 saturated carbocycles. The summed E-state index contributed by atoms with van der Waals surface area (Å²) >= 11 is 0. The molecular weight excluding hydrogens is 209 g/mol. The van der Waals surface area contributed by atoms with Crippen LogP contribution in [0.3, 0.4) is 0 Å². The zero-order valence-corrected chi connectivity index (χ0v) is 8.61. The molecule has 0 bridgehead atoms. The van der Waals surface area contributed by atoms with Crippen LogP contribution in [0.5, 0.6) is 0 Å². The van der Waals surface area contributed by atoms with Crippen LogP contribution in [0, 0.1) is 5.82 Å². The predicted molar refractivity (Wildman–Crippen MR) is 58.3 cm³/mol. The number of carbonyl (C=O) groups is 1. The second-order valence-electron chi connectivity index (χ2n) is 3.88. The van der Waals surface area contributed by atoms with E-state index >= 15 is 0 Å². The van der Waals surface area contributed by atoms with Crippen molar-refractivity contribution in [2.24, 2.45) is 5.73 Å². The van der Waals surface area contributed by atoms with Crippen LogP contribution in [-0.4, -0.2) is 17.1 Å². The molecule has 0 amide bonds. The molecule has 0 fully saturated rings. The number of fused-ring (bicyclic) bond motifs is 1. The maximum absolute atomic E-state index is 13.1. The first-order valence-corrected chi connectivity index (χ1v) is 5.04. The SMILES string of the molecule is NC(CC1=CCc2ccc(F)cc21)C(=O)O. The zero-order valence-electron chi connectivity index (χ0n) is 8.61. The third-order valence-electron chi connectivity index (χ3n) is 2.74. The second kappa shape index (κ2) is 4.06. The number of benzene rings is 1. The summed E-state index contributed by atoms with van der Waals surface area (Å²) in [5.41, 5.74) is 8.09. The molecule has 1 aliphatic carbocycles. The van der Waals surface area contributed by atoms with E-state index in [0.29, 0.717) is 0 Å². The lowest BCUT2D eigenvalue weighted by Crippen LogP contribution is -2.30. The summed E-state index contributed by atoms with van der Waals surface area (Å²) < 4.78 is 13.1. The van der Waals surface area contributed by atoms with Gasteiger partial charge in [0.1, 0.15) is 11.9 Å². The third-order valence-corrected chi connectivity index (χ3v) is 2.74. The van der Waals surface area contributed by atoms with Crippen molar-refractivity contribution in [3.8, 4) is 0 Å². The minimum atomic E-state index is -1.04. The predicted octanol–water partition coefficient (Wildman–Crippen LogP) is 1.57. The molecule has 0 heterocycles.